The minimum atomic E-state index is -5.63. The zero-order valence-corrected chi connectivity index (χ0v) is 11.0. The Kier molecular flexibility index (Phi) is 4.16. The van der Waals surface area contributed by atoms with E-state index in [-0.39, 0.29) is 31.0 Å². The van der Waals surface area contributed by atoms with Crippen LogP contribution < -0.4 is 5.73 Å². The van der Waals surface area contributed by atoms with Crippen LogP contribution in [0.5, 0.6) is 0 Å². The van der Waals surface area contributed by atoms with Gasteiger partial charge in [0.1, 0.15) is 0 Å². The van der Waals surface area contributed by atoms with Gasteiger partial charge >= 0.3 is 12.4 Å². The molecule has 0 aromatic heterocycles. The molecule has 1 heterocycles. The fourth-order valence-corrected chi connectivity index (χ4v) is 3.34. The summed E-state index contributed by atoms with van der Waals surface area (Å²) in [6.45, 7) is -0.187. The number of rotatable bonds is 1. The highest BCUT2D eigenvalue weighted by Crippen LogP contribution is 2.43. The zero-order valence-electron chi connectivity index (χ0n) is 11.0. The summed E-state index contributed by atoms with van der Waals surface area (Å²) < 4.78 is 75.4. The van der Waals surface area contributed by atoms with Crippen LogP contribution in [0.15, 0.2) is 0 Å². The van der Waals surface area contributed by atoms with Gasteiger partial charge < -0.3 is 10.6 Å². The van der Waals surface area contributed by atoms with E-state index in [1.54, 1.807) is 0 Å². The van der Waals surface area contributed by atoms with Crippen LogP contribution in [-0.2, 0) is 4.79 Å². The monoisotopic (exact) mass is 318 g/mol. The van der Waals surface area contributed by atoms with Crippen LogP contribution in [0.4, 0.5) is 26.3 Å². The predicted molar refractivity (Wildman–Crippen MR) is 61.0 cm³/mol. The van der Waals surface area contributed by atoms with Crippen LogP contribution in [0.1, 0.15) is 19.3 Å². The van der Waals surface area contributed by atoms with E-state index in [1.807, 2.05) is 0 Å². The summed E-state index contributed by atoms with van der Waals surface area (Å²) in [5.41, 5.74) is 5.85. The third-order valence-electron chi connectivity index (χ3n) is 4.37. The Bertz CT molecular complexity index is 394. The van der Waals surface area contributed by atoms with Gasteiger partial charge in [0.25, 0.3) is 0 Å². The summed E-state index contributed by atoms with van der Waals surface area (Å²) in [7, 11) is 0. The van der Waals surface area contributed by atoms with Gasteiger partial charge in [-0.2, -0.15) is 26.3 Å². The average molecular weight is 318 g/mol. The van der Waals surface area contributed by atoms with Crippen molar-refractivity contribution in [1.82, 2.24) is 4.90 Å². The van der Waals surface area contributed by atoms with E-state index >= 15 is 0 Å². The van der Waals surface area contributed by atoms with Crippen molar-refractivity contribution >= 4 is 5.91 Å². The van der Waals surface area contributed by atoms with Crippen molar-refractivity contribution in [2.45, 2.75) is 37.7 Å². The predicted octanol–water partition coefficient (Wildman–Crippen LogP) is 2.31. The third kappa shape index (κ3) is 3.27. The highest BCUT2D eigenvalue weighted by atomic mass is 19.4. The molecule has 0 bridgehead atoms. The standard InChI is InChI=1S/C12H16F6N2O/c13-11(14,15)9(12(16,17)18)10(21)20-4-6-2-1-3-8(19)7(6)5-20/h6-9H,1-5,19H2. The second-order valence-electron chi connectivity index (χ2n) is 5.78. The molecule has 3 nitrogen and oxygen atoms in total. The average Bonchev–Trinajstić information content (AvgIpc) is 2.70. The van der Waals surface area contributed by atoms with Crippen LogP contribution in [0.2, 0.25) is 0 Å². The first-order valence-electron chi connectivity index (χ1n) is 6.69. The van der Waals surface area contributed by atoms with Gasteiger partial charge in [0.05, 0.1) is 0 Å². The summed E-state index contributed by atoms with van der Waals surface area (Å²) in [6.07, 6.45) is -9.11. The van der Waals surface area contributed by atoms with Gasteiger partial charge in [-0.1, -0.05) is 6.42 Å². The fourth-order valence-electron chi connectivity index (χ4n) is 3.34. The fraction of sp³-hybridized carbons (Fsp3) is 0.917. The molecule has 1 saturated heterocycles. The lowest BCUT2D eigenvalue weighted by atomic mass is 9.78. The molecule has 0 aromatic rings. The topological polar surface area (TPSA) is 46.3 Å². The Balaban J connectivity index is 2.16. The summed E-state index contributed by atoms with van der Waals surface area (Å²) >= 11 is 0. The Morgan fingerprint density at radius 2 is 1.62 bits per heavy atom. The molecule has 0 radical (unpaired) electrons. The quantitative estimate of drug-likeness (QED) is 0.754. The van der Waals surface area contributed by atoms with Crippen molar-refractivity contribution in [3.05, 3.63) is 0 Å². The molecule has 21 heavy (non-hydrogen) atoms. The smallest absolute Gasteiger partial charge is 0.341 e. The number of carbonyl (C=O) groups is 1. The van der Waals surface area contributed by atoms with Gasteiger partial charge in [0, 0.05) is 19.1 Å². The number of likely N-dealkylation sites (tertiary alicyclic amines) is 1. The molecule has 2 aliphatic rings. The Morgan fingerprint density at radius 3 is 2.10 bits per heavy atom. The maximum atomic E-state index is 12.6. The van der Waals surface area contributed by atoms with Crippen LogP contribution in [-0.4, -0.2) is 42.3 Å². The van der Waals surface area contributed by atoms with Gasteiger partial charge in [0.2, 0.25) is 11.8 Å². The molecule has 1 amide bonds. The van der Waals surface area contributed by atoms with E-state index < -0.39 is 24.2 Å². The van der Waals surface area contributed by atoms with E-state index in [0.29, 0.717) is 17.7 Å². The molecule has 0 aromatic carbocycles. The zero-order chi connectivity index (χ0) is 16.0. The first-order chi connectivity index (χ1) is 9.51. The Morgan fingerprint density at radius 1 is 1.05 bits per heavy atom. The van der Waals surface area contributed by atoms with Crippen LogP contribution in [0.25, 0.3) is 0 Å². The number of hydrogen-bond acceptors (Lipinski definition) is 2. The summed E-state index contributed by atoms with van der Waals surface area (Å²) in [5, 5.41) is 0. The number of nitrogens with zero attached hydrogens (tertiary/aromatic N) is 1. The second-order valence-corrected chi connectivity index (χ2v) is 5.78. The molecule has 2 rings (SSSR count). The lowest BCUT2D eigenvalue weighted by Crippen LogP contribution is -2.49. The number of carbonyl (C=O) groups excluding carboxylic acids is 1. The minimum Gasteiger partial charge on any atom is -0.341 e. The lowest BCUT2D eigenvalue weighted by Gasteiger charge is -2.29. The van der Waals surface area contributed by atoms with Crippen molar-refractivity contribution in [1.29, 1.82) is 0 Å². The molecule has 9 heteroatoms. The van der Waals surface area contributed by atoms with Gasteiger partial charge in [-0.3, -0.25) is 4.79 Å². The minimum absolute atomic E-state index is 0.0696. The van der Waals surface area contributed by atoms with Crippen LogP contribution >= 0.6 is 0 Å². The number of nitrogens with two attached hydrogens (primary N) is 1. The largest absolute Gasteiger partial charge is 0.409 e. The number of halogens is 6. The molecular weight excluding hydrogens is 302 g/mol. The van der Waals surface area contributed by atoms with E-state index in [4.69, 9.17) is 5.73 Å². The van der Waals surface area contributed by atoms with Gasteiger partial charge in [-0.25, -0.2) is 0 Å². The van der Waals surface area contributed by atoms with Crippen LogP contribution in [0, 0.1) is 17.8 Å². The molecular formula is C12H16F6N2O. The first kappa shape index (κ1) is 16.4. The van der Waals surface area contributed by atoms with Gasteiger partial charge in [0.15, 0.2) is 0 Å². The second kappa shape index (κ2) is 5.33. The van der Waals surface area contributed by atoms with Crippen molar-refractivity contribution in [3.8, 4) is 0 Å². The molecule has 2 fully saturated rings. The van der Waals surface area contributed by atoms with E-state index in [0.717, 1.165) is 6.42 Å². The maximum Gasteiger partial charge on any atom is 0.409 e. The summed E-state index contributed by atoms with van der Waals surface area (Å²) in [6, 6.07) is -0.267. The molecule has 1 saturated carbocycles. The Hall–Kier alpha value is -0.990. The van der Waals surface area contributed by atoms with Crippen molar-refractivity contribution in [2.24, 2.45) is 23.5 Å². The van der Waals surface area contributed by atoms with E-state index in [1.165, 1.54) is 0 Å². The molecule has 3 unspecified atom stereocenters. The number of amides is 1. The highest BCUT2D eigenvalue weighted by Gasteiger charge is 2.62. The highest BCUT2D eigenvalue weighted by molar-refractivity contribution is 5.80. The van der Waals surface area contributed by atoms with Crippen LogP contribution in [0.3, 0.4) is 0 Å². The summed E-state index contributed by atoms with van der Waals surface area (Å²) in [5.74, 6) is -6.15. The SMILES string of the molecule is NC1CCCC2CN(C(=O)C(C(F)(F)F)C(F)(F)F)CC12. The normalized spacial score (nSPS) is 30.7. The van der Waals surface area contributed by atoms with Gasteiger partial charge in [-0.15, -0.1) is 0 Å². The van der Waals surface area contributed by atoms with E-state index in [9.17, 15) is 31.1 Å². The third-order valence-corrected chi connectivity index (χ3v) is 4.37. The number of fused-ring (bicyclic) bond motifs is 1. The molecule has 0 spiro atoms. The molecule has 1 aliphatic carbocycles. The van der Waals surface area contributed by atoms with Gasteiger partial charge in [-0.05, 0) is 24.7 Å². The molecule has 1 aliphatic heterocycles. The first-order valence-corrected chi connectivity index (χ1v) is 6.69. The molecule has 122 valence electrons. The Labute approximate surface area is 117 Å². The van der Waals surface area contributed by atoms with Crippen molar-refractivity contribution < 1.29 is 31.1 Å². The van der Waals surface area contributed by atoms with Crippen molar-refractivity contribution in [2.75, 3.05) is 13.1 Å². The van der Waals surface area contributed by atoms with E-state index in [2.05, 4.69) is 0 Å². The number of alkyl halides is 6. The maximum absolute atomic E-state index is 12.6. The molecule has 2 N–H and O–H groups in total. The molecule has 3 atom stereocenters. The lowest BCUT2D eigenvalue weighted by molar-refractivity contribution is -0.277. The number of hydrogen-bond donors (Lipinski definition) is 1. The summed E-state index contributed by atoms with van der Waals surface area (Å²) in [4.78, 5) is 12.4. The van der Waals surface area contributed by atoms with Crippen molar-refractivity contribution in [3.63, 3.8) is 0 Å².